The molecule has 0 spiro atoms. The summed E-state index contributed by atoms with van der Waals surface area (Å²) in [6.45, 7) is 5.11. The third-order valence-electron chi connectivity index (χ3n) is 2.01. The maximum Gasteiger partial charge on any atom is 0.332 e. The normalized spacial score (nSPS) is 12.1. The molecule has 0 aliphatic rings. The maximum absolute atomic E-state index is 11.6. The number of hydrogen-bond acceptors (Lipinski definition) is 3. The van der Waals surface area contributed by atoms with Crippen LogP contribution in [0.25, 0.3) is 0 Å². The predicted molar refractivity (Wildman–Crippen MR) is 58.9 cm³/mol. The minimum absolute atomic E-state index is 0.195. The molecule has 0 heterocycles. The largest absolute Gasteiger partial charge is 0.478 e. The molecule has 0 saturated carbocycles. The first kappa shape index (κ1) is 14.3. The lowest BCUT2D eigenvalue weighted by Gasteiger charge is -2.16. The third-order valence-corrected chi connectivity index (χ3v) is 2.01. The van der Waals surface area contributed by atoms with E-state index in [1.54, 1.807) is 20.8 Å². The Morgan fingerprint density at radius 3 is 2.06 bits per heavy atom. The number of hydrogen-bond donors (Lipinski definition) is 2. The van der Waals surface area contributed by atoms with Gasteiger partial charge in [-0.15, -0.1) is 0 Å². The van der Waals surface area contributed by atoms with Gasteiger partial charge in [-0.05, 0) is 0 Å². The summed E-state index contributed by atoms with van der Waals surface area (Å²) in [4.78, 5) is 33.4. The van der Waals surface area contributed by atoms with Crippen LogP contribution in [0.1, 0.15) is 27.2 Å². The standard InChI is InChI=1S/C11H17NO4/c1-11(2,3)8(13)5-7(10(15)16)6-9(14)12-4/h6H,5H2,1-4H3,(H,12,14)(H,15,16)/b7-6-. The summed E-state index contributed by atoms with van der Waals surface area (Å²) in [6, 6.07) is 0. The highest BCUT2D eigenvalue weighted by Crippen LogP contribution is 2.19. The Kier molecular flexibility index (Phi) is 4.88. The number of carbonyl (C=O) groups excluding carboxylic acids is 2. The summed E-state index contributed by atoms with van der Waals surface area (Å²) in [5, 5.41) is 11.1. The van der Waals surface area contributed by atoms with Crippen LogP contribution in [0, 0.1) is 5.41 Å². The average molecular weight is 227 g/mol. The van der Waals surface area contributed by atoms with E-state index in [4.69, 9.17) is 5.11 Å². The second-order valence-corrected chi connectivity index (χ2v) is 4.44. The average Bonchev–Trinajstić information content (AvgIpc) is 2.14. The molecule has 0 unspecified atom stereocenters. The van der Waals surface area contributed by atoms with Crippen LogP contribution in [0.15, 0.2) is 11.6 Å². The van der Waals surface area contributed by atoms with Crippen molar-refractivity contribution in [3.05, 3.63) is 11.6 Å². The Balaban J connectivity index is 4.86. The SMILES string of the molecule is CNC(=O)/C=C(/CC(=O)C(C)(C)C)C(=O)O. The molecule has 0 aromatic heterocycles. The van der Waals surface area contributed by atoms with E-state index >= 15 is 0 Å². The number of aliphatic carboxylic acids is 1. The number of carboxylic acids is 1. The van der Waals surface area contributed by atoms with E-state index in [1.807, 2.05) is 0 Å². The van der Waals surface area contributed by atoms with Gasteiger partial charge in [0.2, 0.25) is 5.91 Å². The monoisotopic (exact) mass is 227 g/mol. The molecule has 0 rings (SSSR count). The van der Waals surface area contributed by atoms with Crippen molar-refractivity contribution in [3.63, 3.8) is 0 Å². The van der Waals surface area contributed by atoms with Crippen LogP contribution in [0.3, 0.4) is 0 Å². The van der Waals surface area contributed by atoms with Crippen molar-refractivity contribution in [3.8, 4) is 0 Å². The van der Waals surface area contributed by atoms with Gasteiger partial charge in [-0.1, -0.05) is 20.8 Å². The first-order valence-electron chi connectivity index (χ1n) is 4.87. The summed E-state index contributed by atoms with van der Waals surface area (Å²) < 4.78 is 0. The zero-order valence-corrected chi connectivity index (χ0v) is 9.96. The van der Waals surface area contributed by atoms with Crippen molar-refractivity contribution in [2.75, 3.05) is 7.05 Å². The summed E-state index contributed by atoms with van der Waals surface area (Å²) in [7, 11) is 1.39. The maximum atomic E-state index is 11.6. The van der Waals surface area contributed by atoms with E-state index in [1.165, 1.54) is 7.05 Å². The molecule has 0 aromatic carbocycles. The molecule has 5 heteroatoms. The van der Waals surface area contributed by atoms with Crippen LogP contribution >= 0.6 is 0 Å². The number of carboxylic acid groups (broad SMARTS) is 1. The molecule has 0 aliphatic carbocycles. The molecule has 90 valence electrons. The van der Waals surface area contributed by atoms with Gasteiger partial charge in [0.05, 0.1) is 0 Å². The van der Waals surface area contributed by atoms with E-state index < -0.39 is 17.3 Å². The van der Waals surface area contributed by atoms with Crippen LogP contribution in [0.2, 0.25) is 0 Å². The van der Waals surface area contributed by atoms with E-state index in [2.05, 4.69) is 5.32 Å². The lowest BCUT2D eigenvalue weighted by atomic mass is 9.87. The Hall–Kier alpha value is -1.65. The quantitative estimate of drug-likeness (QED) is 0.694. The number of likely N-dealkylation sites (N-methyl/N-ethyl adjacent to an activating group) is 1. The van der Waals surface area contributed by atoms with E-state index in [0.717, 1.165) is 6.08 Å². The fourth-order valence-electron chi connectivity index (χ4n) is 0.857. The predicted octanol–water partition coefficient (Wildman–Crippen LogP) is 0.749. The van der Waals surface area contributed by atoms with Crippen LogP contribution < -0.4 is 5.32 Å². The van der Waals surface area contributed by atoms with Crippen molar-refractivity contribution in [1.82, 2.24) is 5.32 Å². The first-order valence-corrected chi connectivity index (χ1v) is 4.87. The molecule has 0 aromatic rings. The van der Waals surface area contributed by atoms with E-state index in [9.17, 15) is 14.4 Å². The van der Waals surface area contributed by atoms with Gasteiger partial charge in [0.1, 0.15) is 5.78 Å². The van der Waals surface area contributed by atoms with Crippen LogP contribution in [0.4, 0.5) is 0 Å². The van der Waals surface area contributed by atoms with Gasteiger partial charge in [0.25, 0.3) is 0 Å². The van der Waals surface area contributed by atoms with Crippen molar-refractivity contribution >= 4 is 17.7 Å². The molecule has 2 N–H and O–H groups in total. The van der Waals surface area contributed by atoms with Gasteiger partial charge in [0, 0.05) is 30.5 Å². The smallest absolute Gasteiger partial charge is 0.332 e. The van der Waals surface area contributed by atoms with Crippen LogP contribution in [-0.2, 0) is 14.4 Å². The molecule has 0 radical (unpaired) electrons. The fourth-order valence-corrected chi connectivity index (χ4v) is 0.857. The Bertz CT molecular complexity index is 336. The Morgan fingerprint density at radius 1 is 1.25 bits per heavy atom. The minimum atomic E-state index is -1.25. The molecular weight excluding hydrogens is 210 g/mol. The van der Waals surface area contributed by atoms with Gasteiger partial charge in [-0.3, -0.25) is 9.59 Å². The topological polar surface area (TPSA) is 83.5 Å². The highest BCUT2D eigenvalue weighted by Gasteiger charge is 2.24. The van der Waals surface area contributed by atoms with Gasteiger partial charge in [-0.25, -0.2) is 4.79 Å². The molecule has 5 nitrogen and oxygen atoms in total. The highest BCUT2D eigenvalue weighted by atomic mass is 16.4. The van der Waals surface area contributed by atoms with Crippen molar-refractivity contribution in [2.45, 2.75) is 27.2 Å². The zero-order chi connectivity index (χ0) is 12.9. The fraction of sp³-hybridized carbons (Fsp3) is 0.545. The lowest BCUT2D eigenvalue weighted by molar-refractivity contribution is -0.135. The van der Waals surface area contributed by atoms with Crippen molar-refractivity contribution < 1.29 is 19.5 Å². The molecule has 0 bridgehead atoms. The highest BCUT2D eigenvalue weighted by molar-refractivity contribution is 6.02. The van der Waals surface area contributed by atoms with Crippen LogP contribution in [0.5, 0.6) is 0 Å². The van der Waals surface area contributed by atoms with Crippen LogP contribution in [-0.4, -0.2) is 29.8 Å². The Morgan fingerprint density at radius 2 is 1.75 bits per heavy atom. The van der Waals surface area contributed by atoms with E-state index in [0.29, 0.717) is 0 Å². The lowest BCUT2D eigenvalue weighted by Crippen LogP contribution is -2.23. The summed E-state index contributed by atoms with van der Waals surface area (Å²) >= 11 is 0. The zero-order valence-electron chi connectivity index (χ0n) is 9.96. The van der Waals surface area contributed by atoms with Gasteiger partial charge >= 0.3 is 5.97 Å². The number of carbonyl (C=O) groups is 3. The molecule has 0 fully saturated rings. The number of Topliss-reactive ketones (excluding diaryl/α,β-unsaturated/α-hetero) is 1. The second-order valence-electron chi connectivity index (χ2n) is 4.44. The van der Waals surface area contributed by atoms with Gasteiger partial charge in [0.15, 0.2) is 0 Å². The molecule has 0 aliphatic heterocycles. The third kappa shape index (κ3) is 4.72. The van der Waals surface area contributed by atoms with Gasteiger partial charge in [-0.2, -0.15) is 0 Å². The molecule has 0 saturated heterocycles. The number of ketones is 1. The summed E-state index contributed by atoms with van der Waals surface area (Å²) in [5.74, 6) is -2.00. The summed E-state index contributed by atoms with van der Waals surface area (Å²) in [6.07, 6.45) is 0.693. The first-order chi connectivity index (χ1) is 7.18. The minimum Gasteiger partial charge on any atom is -0.478 e. The van der Waals surface area contributed by atoms with Crippen molar-refractivity contribution in [2.24, 2.45) is 5.41 Å². The number of nitrogens with one attached hydrogen (secondary N) is 1. The number of amides is 1. The molecule has 0 atom stereocenters. The Labute approximate surface area is 94.5 Å². The van der Waals surface area contributed by atoms with Gasteiger partial charge < -0.3 is 10.4 Å². The second kappa shape index (κ2) is 5.44. The molecule has 1 amide bonds. The number of rotatable bonds is 4. The molecular formula is C11H17NO4. The van der Waals surface area contributed by atoms with E-state index in [-0.39, 0.29) is 17.8 Å². The van der Waals surface area contributed by atoms with Crippen molar-refractivity contribution in [1.29, 1.82) is 0 Å². The summed E-state index contributed by atoms with van der Waals surface area (Å²) in [5.41, 5.74) is -0.809. The molecule has 16 heavy (non-hydrogen) atoms.